The molecule has 7 nitrogen and oxygen atoms in total. The molecule has 28 heavy (non-hydrogen) atoms. The van der Waals surface area contributed by atoms with Crippen LogP contribution in [0, 0.1) is 12.3 Å². The van der Waals surface area contributed by atoms with Gasteiger partial charge in [-0.1, -0.05) is 20.8 Å². The van der Waals surface area contributed by atoms with Gasteiger partial charge in [-0.3, -0.25) is 9.59 Å². The van der Waals surface area contributed by atoms with Crippen LogP contribution in [0.2, 0.25) is 0 Å². The summed E-state index contributed by atoms with van der Waals surface area (Å²) in [6.45, 7) is 8.91. The van der Waals surface area contributed by atoms with Crippen LogP contribution in [-0.2, 0) is 4.79 Å². The molecule has 0 saturated carbocycles. The van der Waals surface area contributed by atoms with E-state index in [1.54, 1.807) is 6.20 Å². The molecule has 0 aliphatic carbocycles. The number of thiophene rings is 1. The van der Waals surface area contributed by atoms with Gasteiger partial charge in [-0.25, -0.2) is 0 Å². The summed E-state index contributed by atoms with van der Waals surface area (Å²) in [4.78, 5) is 27.7. The Bertz CT molecular complexity index is 836. The maximum atomic E-state index is 13.0. The number of likely N-dealkylation sites (tertiary alicyclic amines) is 1. The number of rotatable bonds is 4. The highest BCUT2D eigenvalue weighted by Crippen LogP contribution is 2.30. The lowest BCUT2D eigenvalue weighted by Gasteiger charge is -2.32. The molecule has 150 valence electrons. The van der Waals surface area contributed by atoms with Gasteiger partial charge < -0.3 is 15.5 Å². The summed E-state index contributed by atoms with van der Waals surface area (Å²) in [6, 6.07) is 5.91. The van der Waals surface area contributed by atoms with Crippen LogP contribution in [0.5, 0.6) is 0 Å². The van der Waals surface area contributed by atoms with E-state index >= 15 is 0 Å². The van der Waals surface area contributed by atoms with Gasteiger partial charge in [0.05, 0.1) is 9.88 Å². The molecule has 1 fully saturated rings. The molecular weight excluding hydrogens is 374 g/mol. The second-order valence-electron chi connectivity index (χ2n) is 8.15. The van der Waals surface area contributed by atoms with Crippen molar-refractivity contribution in [3.05, 3.63) is 34.8 Å². The third-order valence-electron chi connectivity index (χ3n) is 4.74. The number of aryl methyl sites for hydroxylation is 1. The number of aromatic nitrogens is 2. The molecule has 2 aromatic heterocycles. The monoisotopic (exact) mass is 401 g/mol. The zero-order chi connectivity index (χ0) is 20.3. The molecule has 0 spiro atoms. The number of piperidine rings is 1. The number of hydrogen-bond acceptors (Lipinski definition) is 6. The number of hydrogen-bond donors (Lipinski definition) is 2. The van der Waals surface area contributed by atoms with Gasteiger partial charge in [-0.05, 0) is 43.5 Å². The third kappa shape index (κ3) is 4.86. The van der Waals surface area contributed by atoms with Crippen LogP contribution in [0.3, 0.4) is 0 Å². The second kappa shape index (κ2) is 8.26. The van der Waals surface area contributed by atoms with Crippen LogP contribution in [0.1, 0.15) is 48.8 Å². The average Bonchev–Trinajstić information content (AvgIpc) is 3.02. The lowest BCUT2D eigenvalue weighted by molar-refractivity contribution is -0.123. The van der Waals surface area contributed by atoms with Gasteiger partial charge in [0, 0.05) is 30.7 Å². The van der Waals surface area contributed by atoms with E-state index in [4.69, 9.17) is 0 Å². The highest BCUT2D eigenvalue weighted by molar-refractivity contribution is 7.18. The van der Waals surface area contributed by atoms with Crippen molar-refractivity contribution in [2.75, 3.05) is 23.7 Å². The fourth-order valence-corrected chi connectivity index (χ4v) is 4.05. The summed E-state index contributed by atoms with van der Waals surface area (Å²) >= 11 is 1.35. The first-order valence-corrected chi connectivity index (χ1v) is 10.3. The minimum absolute atomic E-state index is 0.0386. The van der Waals surface area contributed by atoms with Crippen LogP contribution in [0.15, 0.2) is 24.4 Å². The Kier molecular flexibility index (Phi) is 5.98. The standard InChI is InChI=1S/C20H27N5O2S/c1-13-12-16(23-19(27)20(2,3)4)28-17(13)18(26)25-10-7-14(8-11-25)22-15-6-5-9-21-24-15/h5-6,9,12,14H,7-8,10-11H2,1-4H3,(H,22,24)(H,23,27). The van der Waals surface area contributed by atoms with Gasteiger partial charge in [0.25, 0.3) is 5.91 Å². The molecule has 1 saturated heterocycles. The van der Waals surface area contributed by atoms with Crippen LogP contribution in [0.25, 0.3) is 0 Å². The quantitative estimate of drug-likeness (QED) is 0.818. The van der Waals surface area contributed by atoms with Crippen LogP contribution in [0.4, 0.5) is 10.8 Å². The Morgan fingerprint density at radius 1 is 1.25 bits per heavy atom. The van der Waals surface area contributed by atoms with Gasteiger partial charge in [0.15, 0.2) is 0 Å². The molecule has 1 aliphatic heterocycles. The van der Waals surface area contributed by atoms with Gasteiger partial charge in [0.1, 0.15) is 5.82 Å². The zero-order valence-electron chi connectivity index (χ0n) is 16.8. The molecule has 0 aromatic carbocycles. The van der Waals surface area contributed by atoms with Crippen molar-refractivity contribution in [2.45, 2.75) is 46.6 Å². The van der Waals surface area contributed by atoms with Gasteiger partial charge in [-0.15, -0.1) is 16.4 Å². The first-order valence-electron chi connectivity index (χ1n) is 9.49. The first kappa shape index (κ1) is 20.3. The summed E-state index contributed by atoms with van der Waals surface area (Å²) in [5, 5.41) is 14.9. The molecule has 2 amide bonds. The fourth-order valence-electron chi connectivity index (χ4n) is 3.01. The van der Waals surface area contributed by atoms with Gasteiger partial charge >= 0.3 is 0 Å². The Balaban J connectivity index is 1.58. The minimum atomic E-state index is -0.472. The van der Waals surface area contributed by atoms with E-state index in [9.17, 15) is 9.59 Å². The summed E-state index contributed by atoms with van der Waals surface area (Å²) in [5.41, 5.74) is 0.430. The molecule has 3 heterocycles. The third-order valence-corrected chi connectivity index (χ3v) is 5.88. The van der Waals surface area contributed by atoms with E-state index in [1.165, 1.54) is 11.3 Å². The number of amides is 2. The Hall–Kier alpha value is -2.48. The summed E-state index contributed by atoms with van der Waals surface area (Å²) in [5.74, 6) is 0.751. The molecular formula is C20H27N5O2S. The van der Waals surface area contributed by atoms with Crippen molar-refractivity contribution >= 4 is 34.0 Å². The van der Waals surface area contributed by atoms with E-state index in [0.29, 0.717) is 18.0 Å². The SMILES string of the molecule is Cc1cc(NC(=O)C(C)(C)C)sc1C(=O)N1CCC(Nc2cccnn2)CC1. The van der Waals surface area contributed by atoms with Crippen molar-refractivity contribution in [2.24, 2.45) is 5.41 Å². The molecule has 8 heteroatoms. The van der Waals surface area contributed by atoms with Crippen LogP contribution >= 0.6 is 11.3 Å². The van der Waals surface area contributed by atoms with Crippen molar-refractivity contribution < 1.29 is 9.59 Å². The lowest BCUT2D eigenvalue weighted by atomic mass is 9.96. The van der Waals surface area contributed by atoms with Crippen molar-refractivity contribution in [1.82, 2.24) is 15.1 Å². The predicted molar refractivity (Wildman–Crippen MR) is 112 cm³/mol. The normalized spacial score (nSPS) is 15.4. The molecule has 3 rings (SSSR count). The molecule has 0 radical (unpaired) electrons. The van der Waals surface area contributed by atoms with Gasteiger partial charge in [-0.2, -0.15) is 5.10 Å². The minimum Gasteiger partial charge on any atom is -0.366 e. The Morgan fingerprint density at radius 3 is 2.57 bits per heavy atom. The predicted octanol–water partition coefficient (Wildman–Crippen LogP) is 3.55. The molecule has 0 atom stereocenters. The molecule has 2 N–H and O–H groups in total. The number of anilines is 2. The fraction of sp³-hybridized carbons (Fsp3) is 0.500. The van der Waals surface area contributed by atoms with E-state index in [2.05, 4.69) is 20.8 Å². The maximum Gasteiger partial charge on any atom is 0.264 e. The molecule has 0 unspecified atom stereocenters. The van der Waals surface area contributed by atoms with Crippen molar-refractivity contribution in [3.63, 3.8) is 0 Å². The average molecular weight is 402 g/mol. The maximum absolute atomic E-state index is 13.0. The number of carbonyl (C=O) groups excluding carboxylic acids is 2. The number of carbonyl (C=O) groups is 2. The summed E-state index contributed by atoms with van der Waals surface area (Å²) < 4.78 is 0. The summed E-state index contributed by atoms with van der Waals surface area (Å²) in [6.07, 6.45) is 3.37. The Labute approximate surface area is 169 Å². The van der Waals surface area contributed by atoms with E-state index < -0.39 is 5.41 Å². The molecule has 2 aromatic rings. The first-order chi connectivity index (χ1) is 13.2. The highest BCUT2D eigenvalue weighted by Gasteiger charge is 2.27. The van der Waals surface area contributed by atoms with Gasteiger partial charge in [0.2, 0.25) is 5.91 Å². The van der Waals surface area contributed by atoms with E-state index in [-0.39, 0.29) is 17.9 Å². The lowest BCUT2D eigenvalue weighted by Crippen LogP contribution is -2.42. The highest BCUT2D eigenvalue weighted by atomic mass is 32.1. The Morgan fingerprint density at radius 2 is 1.96 bits per heavy atom. The van der Waals surface area contributed by atoms with Crippen LogP contribution < -0.4 is 10.6 Å². The van der Waals surface area contributed by atoms with Crippen molar-refractivity contribution in [3.8, 4) is 0 Å². The largest absolute Gasteiger partial charge is 0.366 e. The second-order valence-corrected chi connectivity index (χ2v) is 9.20. The topological polar surface area (TPSA) is 87.2 Å². The molecule has 0 bridgehead atoms. The number of nitrogens with zero attached hydrogens (tertiary/aromatic N) is 3. The van der Waals surface area contributed by atoms with E-state index in [1.807, 2.05) is 50.8 Å². The van der Waals surface area contributed by atoms with Crippen LogP contribution in [-0.4, -0.2) is 46.0 Å². The number of nitrogens with one attached hydrogen (secondary N) is 2. The van der Waals surface area contributed by atoms with Crippen molar-refractivity contribution in [1.29, 1.82) is 0 Å². The smallest absolute Gasteiger partial charge is 0.264 e. The summed E-state index contributed by atoms with van der Waals surface area (Å²) in [7, 11) is 0. The van der Waals surface area contributed by atoms with E-state index in [0.717, 1.165) is 29.2 Å². The zero-order valence-corrected chi connectivity index (χ0v) is 17.6. The molecule has 1 aliphatic rings.